The molecule has 2 aliphatic heterocycles. The molecule has 2 aromatic carbocycles. The molecule has 3 heterocycles. The summed E-state index contributed by atoms with van der Waals surface area (Å²) in [7, 11) is 0. The van der Waals surface area contributed by atoms with Gasteiger partial charge in [0.2, 0.25) is 11.3 Å². The van der Waals surface area contributed by atoms with Crippen LogP contribution >= 0.6 is 34.8 Å². The number of benzene rings is 2. The zero-order valence-corrected chi connectivity index (χ0v) is 23.2. The van der Waals surface area contributed by atoms with Gasteiger partial charge in [-0.2, -0.15) is 0 Å². The van der Waals surface area contributed by atoms with Gasteiger partial charge in [-0.3, -0.25) is 14.4 Å². The number of nitrogens with zero attached hydrogens (tertiary/aromatic N) is 1. The zero-order chi connectivity index (χ0) is 27.5. The van der Waals surface area contributed by atoms with Crippen LogP contribution in [0.2, 0.25) is 10.0 Å². The second-order valence-electron chi connectivity index (χ2n) is 10.9. The SMILES string of the molecule is O=C1CC2(CCN(c3c(C4(Cl)CC4)cc4c(=O)c(C(=O)NCc5ccc(Cl)cc5Cl)c[nH]c4c3F)CC2)CN1. The molecule has 1 aliphatic carbocycles. The summed E-state index contributed by atoms with van der Waals surface area (Å²) in [6, 6.07) is 6.57. The van der Waals surface area contributed by atoms with Gasteiger partial charge in [-0.15, -0.1) is 11.6 Å². The van der Waals surface area contributed by atoms with Gasteiger partial charge in [0.1, 0.15) is 5.56 Å². The monoisotopic (exact) mass is 590 g/mol. The maximum atomic E-state index is 16.2. The standard InChI is InChI=1S/C28H26Cl3FN4O3/c29-16-2-1-15(20(30)9-16)12-34-26(39)18-13-33-23-17(25(18)38)10-19(28(31)3-4-28)24(22(23)32)36-7-5-27(6-8-36)11-21(37)35-14-27/h1-2,9-10,13H,3-8,11-12,14H2,(H,33,38)(H,34,39)(H,35,37). The van der Waals surface area contributed by atoms with Gasteiger partial charge < -0.3 is 20.5 Å². The minimum absolute atomic E-state index is 0.0370. The maximum Gasteiger partial charge on any atom is 0.257 e. The van der Waals surface area contributed by atoms with Crippen molar-refractivity contribution in [2.24, 2.45) is 5.41 Å². The van der Waals surface area contributed by atoms with Crippen molar-refractivity contribution < 1.29 is 14.0 Å². The number of hydrogen-bond donors (Lipinski definition) is 3. The van der Waals surface area contributed by atoms with E-state index in [9.17, 15) is 14.4 Å². The molecule has 11 heteroatoms. The molecule has 2 amide bonds. The van der Waals surface area contributed by atoms with Crippen LogP contribution in [0.5, 0.6) is 0 Å². The molecule has 2 saturated heterocycles. The van der Waals surface area contributed by atoms with Gasteiger partial charge in [0.15, 0.2) is 5.82 Å². The van der Waals surface area contributed by atoms with Crippen LogP contribution in [0.3, 0.4) is 0 Å². The van der Waals surface area contributed by atoms with E-state index in [1.807, 2.05) is 4.90 Å². The first-order valence-electron chi connectivity index (χ1n) is 12.9. The number of piperidine rings is 1. The number of fused-ring (bicyclic) bond motifs is 1. The van der Waals surface area contributed by atoms with Crippen molar-refractivity contribution in [3.63, 3.8) is 0 Å². The highest BCUT2D eigenvalue weighted by Gasteiger charge is 2.47. The van der Waals surface area contributed by atoms with Gasteiger partial charge >= 0.3 is 0 Å². The third kappa shape index (κ3) is 4.77. The van der Waals surface area contributed by atoms with Crippen LogP contribution in [0.4, 0.5) is 10.1 Å². The first-order chi connectivity index (χ1) is 18.6. The largest absolute Gasteiger partial charge is 0.369 e. The topological polar surface area (TPSA) is 94.3 Å². The van der Waals surface area contributed by atoms with Gasteiger partial charge in [0.05, 0.1) is 16.1 Å². The Morgan fingerprint density at radius 1 is 1.10 bits per heavy atom. The lowest BCUT2D eigenvalue weighted by atomic mass is 9.77. The Labute approximate surface area is 239 Å². The van der Waals surface area contributed by atoms with E-state index < -0.39 is 22.0 Å². The molecule has 3 aromatic rings. The Morgan fingerprint density at radius 3 is 2.49 bits per heavy atom. The van der Waals surface area contributed by atoms with E-state index in [-0.39, 0.29) is 34.3 Å². The summed E-state index contributed by atoms with van der Waals surface area (Å²) in [6.45, 7) is 1.90. The predicted octanol–water partition coefficient (Wildman–Crippen LogP) is 5.24. The summed E-state index contributed by atoms with van der Waals surface area (Å²) in [5.41, 5.74) is 0.840. The van der Waals surface area contributed by atoms with Crippen molar-refractivity contribution in [3.8, 4) is 0 Å². The molecular weight excluding hydrogens is 566 g/mol. The fourth-order valence-electron chi connectivity index (χ4n) is 5.76. The summed E-state index contributed by atoms with van der Waals surface area (Å²) in [4.78, 5) is 42.3. The fourth-order valence-corrected chi connectivity index (χ4v) is 6.47. The first kappa shape index (κ1) is 26.4. The number of amides is 2. The average Bonchev–Trinajstić information content (AvgIpc) is 3.56. The molecule has 6 rings (SSSR count). The molecule has 3 fully saturated rings. The van der Waals surface area contributed by atoms with Crippen molar-refractivity contribution in [1.82, 2.24) is 15.6 Å². The van der Waals surface area contributed by atoms with E-state index in [2.05, 4.69) is 15.6 Å². The molecule has 0 radical (unpaired) electrons. The van der Waals surface area contributed by atoms with E-state index >= 15 is 4.39 Å². The fraction of sp³-hybridized carbons (Fsp3) is 0.393. The van der Waals surface area contributed by atoms with Crippen molar-refractivity contribution in [2.45, 2.75) is 43.5 Å². The summed E-state index contributed by atoms with van der Waals surface area (Å²) < 4.78 is 16.2. The number of hydrogen-bond acceptors (Lipinski definition) is 4. The molecular formula is C28H26Cl3FN4O3. The van der Waals surface area contributed by atoms with Gasteiger partial charge in [0, 0.05) is 59.8 Å². The molecule has 0 bridgehead atoms. The van der Waals surface area contributed by atoms with E-state index in [0.29, 0.717) is 65.8 Å². The number of rotatable bonds is 5. The minimum atomic E-state index is -0.750. The average molecular weight is 592 g/mol. The molecule has 39 heavy (non-hydrogen) atoms. The van der Waals surface area contributed by atoms with E-state index in [0.717, 1.165) is 12.8 Å². The number of halogens is 4. The molecule has 3 N–H and O–H groups in total. The van der Waals surface area contributed by atoms with Crippen molar-refractivity contribution in [1.29, 1.82) is 0 Å². The first-order valence-corrected chi connectivity index (χ1v) is 14.0. The van der Waals surface area contributed by atoms with Crippen LogP contribution in [0, 0.1) is 11.2 Å². The molecule has 1 spiro atoms. The number of H-pyrrole nitrogens is 1. The lowest BCUT2D eigenvalue weighted by molar-refractivity contribution is -0.119. The van der Waals surface area contributed by atoms with Gasteiger partial charge in [-0.05, 0) is 54.9 Å². The Balaban J connectivity index is 1.32. The van der Waals surface area contributed by atoms with Crippen LogP contribution < -0.4 is 21.0 Å². The Morgan fingerprint density at radius 2 is 1.85 bits per heavy atom. The lowest BCUT2D eigenvalue weighted by Crippen LogP contribution is -2.42. The molecule has 1 aromatic heterocycles. The Kier molecular flexibility index (Phi) is 6.56. The van der Waals surface area contributed by atoms with Gasteiger partial charge in [0.25, 0.3) is 5.91 Å². The van der Waals surface area contributed by atoms with Crippen molar-refractivity contribution in [2.75, 3.05) is 24.5 Å². The number of aromatic nitrogens is 1. The van der Waals surface area contributed by atoms with Crippen LogP contribution in [0.15, 0.2) is 35.3 Å². The summed E-state index contributed by atoms with van der Waals surface area (Å²) in [5.74, 6) is -1.10. The van der Waals surface area contributed by atoms with Crippen molar-refractivity contribution in [3.05, 3.63) is 73.2 Å². The Hall–Kier alpha value is -2.81. The Bertz CT molecular complexity index is 1580. The number of alkyl halides is 1. The van der Waals surface area contributed by atoms with E-state index in [1.165, 1.54) is 6.20 Å². The number of aromatic amines is 1. The van der Waals surface area contributed by atoms with E-state index in [1.54, 1.807) is 24.3 Å². The van der Waals surface area contributed by atoms with Crippen LogP contribution in [0.25, 0.3) is 10.9 Å². The number of anilines is 1. The minimum Gasteiger partial charge on any atom is -0.369 e. The summed E-state index contributed by atoms with van der Waals surface area (Å²) in [5, 5.41) is 6.57. The summed E-state index contributed by atoms with van der Waals surface area (Å²) >= 11 is 19.0. The second kappa shape index (κ2) is 9.68. The second-order valence-corrected chi connectivity index (χ2v) is 12.4. The van der Waals surface area contributed by atoms with Gasteiger partial charge in [-0.25, -0.2) is 4.39 Å². The molecule has 0 atom stereocenters. The number of nitrogens with one attached hydrogen (secondary N) is 3. The van der Waals surface area contributed by atoms with Gasteiger partial charge in [-0.1, -0.05) is 29.3 Å². The van der Waals surface area contributed by atoms with Crippen LogP contribution in [-0.4, -0.2) is 36.4 Å². The third-order valence-electron chi connectivity index (χ3n) is 8.30. The number of pyridine rings is 1. The smallest absolute Gasteiger partial charge is 0.257 e. The normalized spacial score (nSPS) is 19.4. The highest BCUT2D eigenvalue weighted by Crippen LogP contribution is 2.56. The van der Waals surface area contributed by atoms with Crippen LogP contribution in [0.1, 0.15) is 53.6 Å². The molecule has 0 unspecified atom stereocenters. The number of carbonyl (C=O) groups excluding carboxylic acids is 2. The molecule has 1 saturated carbocycles. The lowest BCUT2D eigenvalue weighted by Gasteiger charge is -2.40. The summed E-state index contributed by atoms with van der Waals surface area (Å²) in [6.07, 6.45) is 4.59. The highest BCUT2D eigenvalue weighted by molar-refractivity contribution is 6.35. The third-order valence-corrected chi connectivity index (χ3v) is 9.47. The van der Waals surface area contributed by atoms with E-state index in [4.69, 9.17) is 34.8 Å². The highest BCUT2D eigenvalue weighted by atomic mass is 35.5. The predicted molar refractivity (Wildman–Crippen MR) is 150 cm³/mol. The van der Waals surface area contributed by atoms with Crippen molar-refractivity contribution >= 4 is 63.2 Å². The molecule has 7 nitrogen and oxygen atoms in total. The van der Waals surface area contributed by atoms with Crippen LogP contribution in [-0.2, 0) is 16.2 Å². The molecule has 3 aliphatic rings. The maximum absolute atomic E-state index is 16.2. The quantitative estimate of drug-likeness (QED) is 0.354. The zero-order valence-electron chi connectivity index (χ0n) is 20.9. The molecule has 204 valence electrons. The number of carbonyl (C=O) groups is 2.